The molecule has 0 bridgehead atoms. The molecule has 6 nitrogen and oxygen atoms in total. The Morgan fingerprint density at radius 3 is 2.58 bits per heavy atom. The average molecular weight is 427 g/mol. The van der Waals surface area contributed by atoms with E-state index in [9.17, 15) is 22.8 Å². The van der Waals surface area contributed by atoms with Crippen LogP contribution in [-0.4, -0.2) is 34.4 Å². The number of fused-ring (bicyclic) bond motifs is 4. The van der Waals surface area contributed by atoms with Gasteiger partial charge in [-0.15, -0.1) is 0 Å². The Morgan fingerprint density at radius 2 is 1.81 bits per heavy atom. The van der Waals surface area contributed by atoms with Crippen LogP contribution in [-0.2, 0) is 11.3 Å². The molecule has 1 aliphatic rings. The van der Waals surface area contributed by atoms with Crippen molar-refractivity contribution in [3.8, 4) is 0 Å². The average Bonchev–Trinajstić information content (AvgIpc) is 3.17. The van der Waals surface area contributed by atoms with Gasteiger partial charge in [0.2, 0.25) is 0 Å². The summed E-state index contributed by atoms with van der Waals surface area (Å²) in [6.45, 7) is 0.175. The fourth-order valence-corrected chi connectivity index (χ4v) is 4.10. The SMILES string of the molecule is CN(C(=O)c1cc2cc(F)ccc2[nH]1)[C@@H]1COCc2[nH]c(=O)c3cc(F)c(F)cc3c21. The molecule has 0 aliphatic carbocycles. The highest BCUT2D eigenvalue weighted by Crippen LogP contribution is 2.34. The van der Waals surface area contributed by atoms with Crippen molar-refractivity contribution in [2.24, 2.45) is 0 Å². The Bertz CT molecular complexity index is 1430. The van der Waals surface area contributed by atoms with Gasteiger partial charge < -0.3 is 19.6 Å². The van der Waals surface area contributed by atoms with Gasteiger partial charge in [-0.2, -0.15) is 0 Å². The number of ether oxygens (including phenoxy) is 1. The van der Waals surface area contributed by atoms with E-state index in [1.165, 1.54) is 23.1 Å². The summed E-state index contributed by atoms with van der Waals surface area (Å²) >= 11 is 0. The van der Waals surface area contributed by atoms with E-state index in [0.29, 0.717) is 22.2 Å². The molecule has 0 unspecified atom stereocenters. The largest absolute Gasteiger partial charge is 0.373 e. The van der Waals surface area contributed by atoms with Crippen LogP contribution in [0.3, 0.4) is 0 Å². The lowest BCUT2D eigenvalue weighted by molar-refractivity contribution is 0.0333. The third-order valence-electron chi connectivity index (χ3n) is 5.64. The maximum Gasteiger partial charge on any atom is 0.270 e. The molecule has 4 aromatic rings. The number of hydrogen-bond acceptors (Lipinski definition) is 3. The van der Waals surface area contributed by atoms with Crippen LogP contribution < -0.4 is 5.56 Å². The van der Waals surface area contributed by atoms with Gasteiger partial charge in [-0.1, -0.05) is 0 Å². The van der Waals surface area contributed by atoms with Gasteiger partial charge in [0.05, 0.1) is 24.6 Å². The van der Waals surface area contributed by atoms with Crippen LogP contribution in [0.15, 0.2) is 41.2 Å². The molecule has 1 atom stereocenters. The number of nitrogens with zero attached hydrogens (tertiary/aromatic N) is 1. The number of carbonyl (C=O) groups excluding carboxylic acids is 1. The summed E-state index contributed by atoms with van der Waals surface area (Å²) in [5.74, 6) is -3.04. The van der Waals surface area contributed by atoms with Crippen molar-refractivity contribution in [1.82, 2.24) is 14.9 Å². The quantitative estimate of drug-likeness (QED) is 0.511. The first kappa shape index (κ1) is 19.4. The number of benzene rings is 2. The van der Waals surface area contributed by atoms with E-state index in [4.69, 9.17) is 4.74 Å². The van der Waals surface area contributed by atoms with Crippen LogP contribution in [0, 0.1) is 17.5 Å². The number of halogens is 3. The van der Waals surface area contributed by atoms with Crippen molar-refractivity contribution in [3.05, 3.63) is 81.2 Å². The minimum atomic E-state index is -1.13. The summed E-state index contributed by atoms with van der Waals surface area (Å²) in [7, 11) is 1.55. The van der Waals surface area contributed by atoms with E-state index in [1.807, 2.05) is 0 Å². The van der Waals surface area contributed by atoms with Crippen LogP contribution in [0.5, 0.6) is 0 Å². The van der Waals surface area contributed by atoms with Crippen LogP contribution in [0.4, 0.5) is 13.2 Å². The topological polar surface area (TPSA) is 78.2 Å². The molecule has 9 heteroatoms. The fraction of sp³-hybridized carbons (Fsp3) is 0.182. The number of hydrogen-bond donors (Lipinski definition) is 2. The summed E-state index contributed by atoms with van der Waals surface area (Å²) in [6.07, 6.45) is 0. The van der Waals surface area contributed by atoms with Crippen molar-refractivity contribution in [1.29, 1.82) is 0 Å². The van der Waals surface area contributed by atoms with Gasteiger partial charge in [0.1, 0.15) is 11.5 Å². The fourth-order valence-electron chi connectivity index (χ4n) is 4.10. The van der Waals surface area contributed by atoms with Crippen LogP contribution >= 0.6 is 0 Å². The van der Waals surface area contributed by atoms with Gasteiger partial charge in [-0.3, -0.25) is 9.59 Å². The van der Waals surface area contributed by atoms with Crippen molar-refractivity contribution in [2.75, 3.05) is 13.7 Å². The lowest BCUT2D eigenvalue weighted by atomic mass is 9.95. The predicted octanol–water partition coefficient (Wildman–Crippen LogP) is 3.77. The van der Waals surface area contributed by atoms with Crippen LogP contribution in [0.1, 0.15) is 27.8 Å². The smallest absolute Gasteiger partial charge is 0.270 e. The van der Waals surface area contributed by atoms with Crippen molar-refractivity contribution >= 4 is 27.6 Å². The molecule has 5 rings (SSSR count). The predicted molar refractivity (Wildman–Crippen MR) is 107 cm³/mol. The second-order valence-corrected chi connectivity index (χ2v) is 7.52. The summed E-state index contributed by atoms with van der Waals surface area (Å²) in [5.41, 5.74) is 1.17. The highest BCUT2D eigenvalue weighted by molar-refractivity contribution is 5.98. The zero-order valence-corrected chi connectivity index (χ0v) is 16.3. The van der Waals surface area contributed by atoms with E-state index < -0.39 is 35.0 Å². The van der Waals surface area contributed by atoms with Crippen LogP contribution in [0.25, 0.3) is 21.7 Å². The maximum atomic E-state index is 14.0. The molecule has 1 aliphatic heterocycles. The van der Waals surface area contributed by atoms with E-state index in [2.05, 4.69) is 9.97 Å². The highest BCUT2D eigenvalue weighted by atomic mass is 19.2. The van der Waals surface area contributed by atoms with Crippen molar-refractivity contribution < 1.29 is 22.7 Å². The third kappa shape index (κ3) is 3.09. The monoisotopic (exact) mass is 427 g/mol. The number of nitrogens with one attached hydrogen (secondary N) is 2. The van der Waals surface area contributed by atoms with E-state index in [-0.39, 0.29) is 29.7 Å². The van der Waals surface area contributed by atoms with E-state index >= 15 is 0 Å². The Labute approximate surface area is 173 Å². The zero-order valence-electron chi connectivity index (χ0n) is 16.3. The zero-order chi connectivity index (χ0) is 21.9. The van der Waals surface area contributed by atoms with Crippen molar-refractivity contribution in [3.63, 3.8) is 0 Å². The van der Waals surface area contributed by atoms with Gasteiger partial charge in [-0.05, 0) is 41.8 Å². The van der Waals surface area contributed by atoms with Crippen LogP contribution in [0.2, 0.25) is 0 Å². The number of aromatic amines is 2. The first-order chi connectivity index (χ1) is 14.8. The van der Waals surface area contributed by atoms with Gasteiger partial charge in [0, 0.05) is 29.2 Å². The molecule has 0 saturated carbocycles. The molecular weight excluding hydrogens is 411 g/mol. The Balaban J connectivity index is 1.61. The number of carbonyl (C=O) groups is 1. The molecule has 0 radical (unpaired) electrons. The molecule has 0 spiro atoms. The molecule has 1 amide bonds. The molecule has 2 aromatic carbocycles. The number of H-pyrrole nitrogens is 2. The summed E-state index contributed by atoms with van der Waals surface area (Å²) < 4.78 is 46.8. The minimum absolute atomic E-state index is 0.00788. The van der Waals surface area contributed by atoms with Crippen molar-refractivity contribution in [2.45, 2.75) is 12.6 Å². The molecule has 0 saturated heterocycles. The lowest BCUT2D eigenvalue weighted by Crippen LogP contribution is -2.37. The number of likely N-dealkylation sites (N-methyl/N-ethyl adjacent to an activating group) is 1. The highest BCUT2D eigenvalue weighted by Gasteiger charge is 2.32. The third-order valence-corrected chi connectivity index (χ3v) is 5.64. The summed E-state index contributed by atoms with van der Waals surface area (Å²) in [6, 6.07) is 6.85. The molecule has 0 fully saturated rings. The maximum absolute atomic E-state index is 14.0. The second kappa shape index (κ2) is 6.98. The number of pyridine rings is 1. The number of rotatable bonds is 2. The Hall–Kier alpha value is -3.59. The normalized spacial score (nSPS) is 15.9. The van der Waals surface area contributed by atoms with E-state index in [1.54, 1.807) is 13.1 Å². The standard InChI is InChI=1S/C22H16F3N3O3/c1-28(22(30)17-5-10-4-11(23)2-3-16(10)26-17)19-9-31-8-18-20(19)12-6-14(24)15(25)7-13(12)21(29)27-18/h2-7,19,26H,8-9H2,1H3,(H,27,29)/t19-/m1/s1. The van der Waals surface area contributed by atoms with E-state index in [0.717, 1.165) is 12.1 Å². The summed E-state index contributed by atoms with van der Waals surface area (Å²) in [4.78, 5) is 32.5. The van der Waals surface area contributed by atoms with Gasteiger partial charge >= 0.3 is 0 Å². The van der Waals surface area contributed by atoms with Gasteiger partial charge in [0.15, 0.2) is 11.6 Å². The Kier molecular flexibility index (Phi) is 4.37. The molecule has 158 valence electrons. The molecule has 2 N–H and O–H groups in total. The first-order valence-corrected chi connectivity index (χ1v) is 9.50. The first-order valence-electron chi connectivity index (χ1n) is 9.50. The van der Waals surface area contributed by atoms with Gasteiger partial charge in [-0.25, -0.2) is 13.2 Å². The molecule has 2 aromatic heterocycles. The Morgan fingerprint density at radius 1 is 1.06 bits per heavy atom. The number of amides is 1. The minimum Gasteiger partial charge on any atom is -0.373 e. The lowest BCUT2D eigenvalue weighted by Gasteiger charge is -2.33. The molecular formula is C22H16F3N3O3. The second-order valence-electron chi connectivity index (χ2n) is 7.52. The molecule has 3 heterocycles. The summed E-state index contributed by atoms with van der Waals surface area (Å²) in [5, 5.41) is 0.764. The van der Waals surface area contributed by atoms with Gasteiger partial charge in [0.25, 0.3) is 11.5 Å². The number of aromatic nitrogens is 2. The molecule has 31 heavy (non-hydrogen) atoms.